The third-order valence-corrected chi connectivity index (χ3v) is 5.20. The van der Waals surface area contributed by atoms with Gasteiger partial charge in [0.15, 0.2) is 0 Å². The van der Waals surface area contributed by atoms with Crippen LogP contribution in [0.25, 0.3) is 5.69 Å². The molecule has 0 bridgehead atoms. The van der Waals surface area contributed by atoms with Crippen molar-refractivity contribution in [3.8, 4) is 5.69 Å². The van der Waals surface area contributed by atoms with Crippen LogP contribution in [-0.4, -0.2) is 32.3 Å². The fourth-order valence-corrected chi connectivity index (χ4v) is 3.92. The molecule has 4 rings (SSSR count). The normalized spacial score (nSPS) is 18.2. The van der Waals surface area contributed by atoms with Gasteiger partial charge in [0.25, 0.3) is 11.6 Å². The summed E-state index contributed by atoms with van der Waals surface area (Å²) in [6.45, 7) is 3.85. The maximum absolute atomic E-state index is 13.2. The fourth-order valence-electron chi connectivity index (χ4n) is 3.92. The number of rotatable bonds is 4. The Bertz CT molecular complexity index is 1160. The number of hydrogen-bond donors (Lipinski definition) is 2. The Kier molecular flexibility index (Phi) is 4.12. The highest BCUT2D eigenvalue weighted by molar-refractivity contribution is 6.09. The molecule has 0 saturated heterocycles. The summed E-state index contributed by atoms with van der Waals surface area (Å²) in [7, 11) is 0. The largest absolute Gasteiger partial charge is 0.383 e. The molecular weight excluding hydrogens is 374 g/mol. The molecule has 1 amide bonds. The van der Waals surface area contributed by atoms with Crippen LogP contribution in [0.3, 0.4) is 0 Å². The van der Waals surface area contributed by atoms with Gasteiger partial charge in [-0.15, -0.1) is 0 Å². The minimum atomic E-state index is -1.99. The number of aryl methyl sites for hydroxylation is 1. The van der Waals surface area contributed by atoms with Crippen LogP contribution in [0.5, 0.6) is 0 Å². The predicted molar refractivity (Wildman–Crippen MR) is 107 cm³/mol. The van der Waals surface area contributed by atoms with Crippen LogP contribution in [0.4, 0.5) is 17.2 Å². The summed E-state index contributed by atoms with van der Waals surface area (Å²) >= 11 is 0. The number of nitro groups is 1. The summed E-state index contributed by atoms with van der Waals surface area (Å²) in [4.78, 5) is 25.3. The molecule has 0 fully saturated rings. The quantitative estimate of drug-likeness (QED) is 0.517. The van der Waals surface area contributed by atoms with E-state index in [0.717, 1.165) is 0 Å². The van der Waals surface area contributed by atoms with Crippen LogP contribution in [0.2, 0.25) is 0 Å². The van der Waals surface area contributed by atoms with Crippen LogP contribution in [0.1, 0.15) is 23.7 Å². The van der Waals surface area contributed by atoms with Crippen molar-refractivity contribution in [2.75, 3.05) is 17.2 Å². The zero-order valence-electron chi connectivity index (χ0n) is 15.9. The Morgan fingerprint density at radius 1 is 1.24 bits per heavy atom. The number of fused-ring (bicyclic) bond motifs is 1. The highest BCUT2D eigenvalue weighted by Crippen LogP contribution is 2.47. The maximum atomic E-state index is 13.2. The Hall–Kier alpha value is -3.72. The first-order valence-corrected chi connectivity index (χ1v) is 9.05. The molecule has 9 nitrogen and oxygen atoms in total. The van der Waals surface area contributed by atoms with Crippen molar-refractivity contribution in [3.05, 3.63) is 75.5 Å². The van der Waals surface area contributed by atoms with Crippen LogP contribution in [-0.2, 0) is 10.4 Å². The summed E-state index contributed by atoms with van der Waals surface area (Å²) in [6, 6.07) is 12.8. The van der Waals surface area contributed by atoms with E-state index in [4.69, 9.17) is 5.73 Å². The van der Waals surface area contributed by atoms with Crippen LogP contribution in [0.15, 0.2) is 48.5 Å². The number of nitrogen functional groups attached to an aromatic ring is 1. The number of benzene rings is 2. The number of carbonyl (C=O) groups is 1. The molecule has 0 spiro atoms. The van der Waals surface area contributed by atoms with Gasteiger partial charge in [0.05, 0.1) is 27.6 Å². The molecule has 1 atom stereocenters. The first-order valence-electron chi connectivity index (χ1n) is 9.05. The van der Waals surface area contributed by atoms with E-state index in [0.29, 0.717) is 29.2 Å². The Balaban J connectivity index is 1.93. The van der Waals surface area contributed by atoms with Crippen molar-refractivity contribution in [1.82, 2.24) is 9.78 Å². The molecule has 1 aliphatic rings. The highest BCUT2D eigenvalue weighted by Gasteiger charge is 2.53. The smallest absolute Gasteiger partial charge is 0.271 e. The minimum absolute atomic E-state index is 0.0478. The van der Waals surface area contributed by atoms with Gasteiger partial charge in [-0.25, -0.2) is 4.68 Å². The molecule has 2 aromatic carbocycles. The lowest BCUT2D eigenvalue weighted by Crippen LogP contribution is -2.41. The average molecular weight is 393 g/mol. The van der Waals surface area contributed by atoms with E-state index < -0.39 is 16.4 Å². The van der Waals surface area contributed by atoms with Gasteiger partial charge in [0, 0.05) is 24.2 Å². The van der Waals surface area contributed by atoms with Crippen molar-refractivity contribution in [3.63, 3.8) is 0 Å². The summed E-state index contributed by atoms with van der Waals surface area (Å²) in [5, 5.41) is 27.1. The maximum Gasteiger partial charge on any atom is 0.271 e. The predicted octanol–water partition coefficient (Wildman–Crippen LogP) is 2.27. The number of non-ortho nitro benzene ring substituents is 1. The first-order chi connectivity index (χ1) is 13.8. The van der Waals surface area contributed by atoms with Crippen molar-refractivity contribution in [2.45, 2.75) is 19.4 Å². The summed E-state index contributed by atoms with van der Waals surface area (Å²) in [5.41, 5.74) is 6.18. The number of aromatic nitrogens is 2. The Morgan fingerprint density at radius 2 is 1.97 bits per heavy atom. The third kappa shape index (κ3) is 2.51. The molecule has 148 valence electrons. The molecule has 0 saturated carbocycles. The van der Waals surface area contributed by atoms with Crippen molar-refractivity contribution in [2.24, 2.45) is 0 Å². The van der Waals surface area contributed by atoms with E-state index in [2.05, 4.69) is 5.10 Å². The second-order valence-electron chi connectivity index (χ2n) is 6.81. The molecular formula is C20H19N5O4. The second-order valence-corrected chi connectivity index (χ2v) is 6.81. The van der Waals surface area contributed by atoms with E-state index in [1.54, 1.807) is 37.3 Å². The molecule has 1 aliphatic heterocycles. The second kappa shape index (κ2) is 6.42. The van der Waals surface area contributed by atoms with Crippen molar-refractivity contribution >= 4 is 23.1 Å². The van der Waals surface area contributed by atoms with Gasteiger partial charge >= 0.3 is 0 Å². The van der Waals surface area contributed by atoms with Gasteiger partial charge < -0.3 is 15.7 Å². The first kappa shape index (κ1) is 18.6. The molecule has 3 N–H and O–H groups in total. The van der Waals surface area contributed by atoms with Crippen LogP contribution in [0, 0.1) is 17.0 Å². The van der Waals surface area contributed by atoms with Crippen molar-refractivity contribution < 1.29 is 14.8 Å². The van der Waals surface area contributed by atoms with Crippen LogP contribution >= 0.6 is 0 Å². The minimum Gasteiger partial charge on any atom is -0.383 e. The number of anilines is 2. The molecule has 0 radical (unpaired) electrons. The van der Waals surface area contributed by atoms with E-state index in [1.165, 1.54) is 27.8 Å². The topological polar surface area (TPSA) is 128 Å². The van der Waals surface area contributed by atoms with E-state index in [9.17, 15) is 20.0 Å². The number of hydrogen-bond acceptors (Lipinski definition) is 6. The van der Waals surface area contributed by atoms with Crippen LogP contribution < -0.4 is 10.6 Å². The van der Waals surface area contributed by atoms with Gasteiger partial charge in [-0.3, -0.25) is 14.9 Å². The molecule has 9 heteroatoms. The zero-order valence-corrected chi connectivity index (χ0v) is 15.9. The van der Waals surface area contributed by atoms with E-state index >= 15 is 0 Å². The van der Waals surface area contributed by atoms with Gasteiger partial charge in [-0.2, -0.15) is 5.10 Å². The lowest BCUT2D eigenvalue weighted by atomic mass is 9.87. The lowest BCUT2D eigenvalue weighted by molar-refractivity contribution is -0.384. The number of nitrogens with two attached hydrogens (primary N) is 1. The lowest BCUT2D eigenvalue weighted by Gasteiger charge is -2.23. The van der Waals surface area contributed by atoms with Crippen molar-refractivity contribution in [1.29, 1.82) is 0 Å². The molecule has 0 aliphatic carbocycles. The third-order valence-electron chi connectivity index (χ3n) is 5.20. The summed E-state index contributed by atoms with van der Waals surface area (Å²) in [5.74, 6) is -0.457. The number of amides is 1. The van der Waals surface area contributed by atoms with E-state index in [1.807, 2.05) is 6.92 Å². The molecule has 0 unspecified atom stereocenters. The van der Waals surface area contributed by atoms with E-state index in [-0.39, 0.29) is 17.1 Å². The number of nitrogens with zero attached hydrogens (tertiary/aromatic N) is 4. The average Bonchev–Trinajstić information content (AvgIpc) is 3.13. The summed E-state index contributed by atoms with van der Waals surface area (Å²) < 4.78 is 1.31. The monoisotopic (exact) mass is 393 g/mol. The molecule has 3 aromatic rings. The number of likely N-dealkylation sites (N-methyl/N-ethyl adjacent to an activating group) is 1. The SMILES string of the molecule is CCN1C(=O)[C@@](O)(c2c(C)nn(-c3cccc([N+](=O)[O-])c3)c2N)c2ccccc21. The number of para-hydroxylation sites is 1. The van der Waals surface area contributed by atoms with Gasteiger partial charge in [0.2, 0.25) is 5.60 Å². The fraction of sp³-hybridized carbons (Fsp3) is 0.200. The number of carbonyl (C=O) groups excluding carboxylic acids is 1. The molecule has 29 heavy (non-hydrogen) atoms. The Labute approximate surface area is 166 Å². The number of aliphatic hydroxyl groups is 1. The molecule has 2 heterocycles. The van der Waals surface area contributed by atoms with Gasteiger partial charge in [0.1, 0.15) is 5.82 Å². The highest BCUT2D eigenvalue weighted by atomic mass is 16.6. The summed E-state index contributed by atoms with van der Waals surface area (Å²) in [6.07, 6.45) is 0. The van der Waals surface area contributed by atoms with Gasteiger partial charge in [-0.05, 0) is 26.0 Å². The molecule has 1 aromatic heterocycles. The van der Waals surface area contributed by atoms with Gasteiger partial charge in [-0.1, -0.05) is 24.3 Å². The zero-order chi connectivity index (χ0) is 20.9. The standard InChI is InChI=1S/C20H19N5O4/c1-3-23-16-10-5-4-9-15(16)20(27,19(23)26)17-12(2)22-24(18(17)21)13-7-6-8-14(11-13)25(28)29/h4-11,27H,3,21H2,1-2H3/t20-/m0/s1. The Morgan fingerprint density at radius 3 is 2.66 bits per heavy atom. The number of nitro benzene ring substituents is 1.